The third-order valence-electron chi connectivity index (χ3n) is 7.27. The number of piperidine rings is 2. The van der Waals surface area contributed by atoms with Crippen LogP contribution >= 0.6 is 0 Å². The number of nitrogens with one attached hydrogen (secondary N) is 2. The first kappa shape index (κ1) is 23.6. The third-order valence-corrected chi connectivity index (χ3v) is 7.27. The van der Waals surface area contributed by atoms with E-state index in [1.807, 2.05) is 11.9 Å². The van der Waals surface area contributed by atoms with Gasteiger partial charge in [0.25, 0.3) is 0 Å². The number of carbonyl (C=O) groups is 1. The normalized spacial score (nSPS) is 24.3. The number of fused-ring (bicyclic) bond motifs is 2. The van der Waals surface area contributed by atoms with E-state index < -0.39 is 0 Å². The van der Waals surface area contributed by atoms with Crippen molar-refractivity contribution in [2.75, 3.05) is 50.7 Å². The van der Waals surface area contributed by atoms with Gasteiger partial charge in [-0.1, -0.05) is 0 Å². The molecule has 1 unspecified atom stereocenters. The van der Waals surface area contributed by atoms with Gasteiger partial charge in [0.15, 0.2) is 5.82 Å². The molecule has 12 heteroatoms. The lowest BCUT2D eigenvalue weighted by Gasteiger charge is -2.51. The Hall–Kier alpha value is -3.12. The van der Waals surface area contributed by atoms with Gasteiger partial charge in [-0.2, -0.15) is 15.1 Å². The summed E-state index contributed by atoms with van der Waals surface area (Å²) in [5, 5.41) is 19.3. The molecular weight excluding hydrogens is 452 g/mol. The van der Waals surface area contributed by atoms with Crippen molar-refractivity contribution in [1.29, 1.82) is 0 Å². The van der Waals surface area contributed by atoms with Crippen LogP contribution in [0.1, 0.15) is 37.8 Å². The number of methoxy groups -OCH3 is 1. The van der Waals surface area contributed by atoms with Gasteiger partial charge < -0.3 is 34.6 Å². The molecule has 2 aromatic heterocycles. The van der Waals surface area contributed by atoms with E-state index >= 15 is 0 Å². The number of carbonyl (C=O) groups excluding carboxylic acids is 1. The lowest BCUT2D eigenvalue weighted by molar-refractivity contribution is 0.0105. The molecule has 3 N–H and O–H groups in total. The van der Waals surface area contributed by atoms with Crippen LogP contribution in [0, 0.1) is 0 Å². The Balaban J connectivity index is 1.32. The molecule has 0 aromatic carbocycles. The molecule has 5 rings (SSSR count). The quantitative estimate of drug-likeness (QED) is 0.558. The van der Waals surface area contributed by atoms with Crippen LogP contribution in [0.2, 0.25) is 0 Å². The van der Waals surface area contributed by atoms with Crippen molar-refractivity contribution in [3.63, 3.8) is 0 Å². The SMILES string of the molecule is COc1cc(Nc2cc(CO)[nH]n2)nc(N(C)C2C[C@H]3CCC[C@@H](C2)N3C(=O)N2CCOCC2)n1. The number of aromatic amines is 1. The van der Waals surface area contributed by atoms with Crippen LogP contribution in [-0.4, -0.2) is 99.7 Å². The number of rotatable bonds is 6. The molecule has 2 aromatic rings. The Bertz CT molecular complexity index is 1010. The Morgan fingerprint density at radius 3 is 2.63 bits per heavy atom. The summed E-state index contributed by atoms with van der Waals surface area (Å²) >= 11 is 0. The van der Waals surface area contributed by atoms with Crippen molar-refractivity contribution in [3.8, 4) is 5.88 Å². The highest BCUT2D eigenvalue weighted by atomic mass is 16.5. The summed E-state index contributed by atoms with van der Waals surface area (Å²) in [6, 6.07) is 4.24. The van der Waals surface area contributed by atoms with Crippen LogP contribution in [0.5, 0.6) is 5.88 Å². The maximum absolute atomic E-state index is 13.3. The smallest absolute Gasteiger partial charge is 0.320 e. The zero-order valence-electron chi connectivity index (χ0n) is 20.3. The minimum Gasteiger partial charge on any atom is -0.481 e. The monoisotopic (exact) mass is 486 g/mol. The van der Waals surface area contributed by atoms with Crippen LogP contribution in [-0.2, 0) is 11.3 Å². The van der Waals surface area contributed by atoms with Crippen molar-refractivity contribution in [3.05, 3.63) is 17.8 Å². The van der Waals surface area contributed by atoms with Gasteiger partial charge in [0, 0.05) is 50.4 Å². The lowest BCUT2D eigenvalue weighted by atomic mass is 9.81. The van der Waals surface area contributed by atoms with Crippen molar-refractivity contribution in [2.24, 2.45) is 0 Å². The maximum Gasteiger partial charge on any atom is 0.320 e. The number of anilines is 3. The van der Waals surface area contributed by atoms with E-state index in [1.165, 1.54) is 0 Å². The van der Waals surface area contributed by atoms with Gasteiger partial charge in [-0.3, -0.25) is 5.10 Å². The van der Waals surface area contributed by atoms with Gasteiger partial charge in [0.1, 0.15) is 5.82 Å². The first-order valence-electron chi connectivity index (χ1n) is 12.3. The summed E-state index contributed by atoms with van der Waals surface area (Å²) in [5.74, 6) is 2.10. The minimum atomic E-state index is -0.120. The second kappa shape index (κ2) is 10.2. The molecule has 0 saturated carbocycles. The molecule has 0 radical (unpaired) electrons. The number of H-pyrrole nitrogens is 1. The lowest BCUT2D eigenvalue weighted by Crippen LogP contribution is -2.62. The average molecular weight is 487 g/mol. The fourth-order valence-corrected chi connectivity index (χ4v) is 5.44. The topological polar surface area (TPSA) is 132 Å². The highest BCUT2D eigenvalue weighted by molar-refractivity contribution is 5.75. The van der Waals surface area contributed by atoms with Crippen LogP contribution in [0.3, 0.4) is 0 Å². The van der Waals surface area contributed by atoms with Crippen molar-refractivity contribution in [2.45, 2.75) is 56.8 Å². The molecule has 2 amide bonds. The Kier molecular flexibility index (Phi) is 6.91. The van der Waals surface area contributed by atoms with E-state index in [4.69, 9.17) is 14.5 Å². The number of ether oxygens (including phenoxy) is 2. The molecular formula is C23H34N8O4. The fraction of sp³-hybridized carbons (Fsp3) is 0.652. The molecule has 35 heavy (non-hydrogen) atoms. The number of hydrogen-bond acceptors (Lipinski definition) is 9. The molecule has 0 aliphatic carbocycles. The number of nitrogens with zero attached hydrogens (tertiary/aromatic N) is 6. The van der Waals surface area contributed by atoms with Gasteiger partial charge in [-0.05, 0) is 32.1 Å². The van der Waals surface area contributed by atoms with Gasteiger partial charge in [-0.25, -0.2) is 4.79 Å². The molecule has 12 nitrogen and oxygen atoms in total. The summed E-state index contributed by atoms with van der Waals surface area (Å²) in [7, 11) is 3.59. The van der Waals surface area contributed by atoms with Crippen LogP contribution < -0.4 is 15.0 Å². The molecule has 3 aliphatic heterocycles. The fourth-order valence-electron chi connectivity index (χ4n) is 5.44. The zero-order valence-corrected chi connectivity index (χ0v) is 20.3. The number of morpholine rings is 1. The summed E-state index contributed by atoms with van der Waals surface area (Å²) < 4.78 is 10.9. The Labute approximate surface area is 204 Å². The van der Waals surface area contributed by atoms with Crippen LogP contribution in [0.25, 0.3) is 0 Å². The average Bonchev–Trinajstić information content (AvgIpc) is 3.34. The highest BCUT2D eigenvalue weighted by Crippen LogP contribution is 2.37. The first-order valence-corrected chi connectivity index (χ1v) is 12.3. The molecule has 190 valence electrons. The first-order chi connectivity index (χ1) is 17.1. The molecule has 3 saturated heterocycles. The number of urea groups is 1. The predicted molar refractivity (Wildman–Crippen MR) is 129 cm³/mol. The number of aliphatic hydroxyl groups is 1. The van der Waals surface area contributed by atoms with Crippen molar-refractivity contribution < 1.29 is 19.4 Å². The van der Waals surface area contributed by atoms with E-state index in [-0.39, 0.29) is 30.8 Å². The number of amides is 2. The summed E-state index contributed by atoms with van der Waals surface area (Å²) in [6.07, 6.45) is 4.96. The van der Waals surface area contributed by atoms with Gasteiger partial charge in [0.05, 0.1) is 32.6 Å². The molecule has 2 bridgehead atoms. The maximum atomic E-state index is 13.3. The standard InChI is InChI=1S/C23H34N8O4/c1-29(22-25-19(13-21(26-22)34-2)24-20-10-15(14-32)27-28-20)18-11-16-4-3-5-17(12-18)31(16)23(33)30-6-8-35-9-7-30/h10,13,16-18,32H,3-9,11-12,14H2,1-2H3,(H2,24,25,26,27,28)/t16-,17+,18?. The van der Waals surface area contributed by atoms with Crippen molar-refractivity contribution in [1.82, 2.24) is 30.0 Å². The summed E-state index contributed by atoms with van der Waals surface area (Å²) in [6.45, 7) is 2.44. The van der Waals surface area contributed by atoms with E-state index in [2.05, 4.69) is 30.3 Å². The van der Waals surface area contributed by atoms with Gasteiger partial charge >= 0.3 is 6.03 Å². The second-order valence-electron chi connectivity index (χ2n) is 9.42. The molecule has 3 atom stereocenters. The van der Waals surface area contributed by atoms with E-state index in [0.29, 0.717) is 55.5 Å². The highest BCUT2D eigenvalue weighted by Gasteiger charge is 2.43. The summed E-state index contributed by atoms with van der Waals surface area (Å²) in [4.78, 5) is 28.9. The minimum absolute atomic E-state index is 0.120. The molecule has 3 fully saturated rings. The molecule has 0 spiro atoms. The number of aromatic nitrogens is 4. The number of hydrogen-bond donors (Lipinski definition) is 3. The van der Waals surface area contributed by atoms with E-state index in [1.54, 1.807) is 19.2 Å². The van der Waals surface area contributed by atoms with Gasteiger partial charge in [-0.15, -0.1) is 0 Å². The summed E-state index contributed by atoms with van der Waals surface area (Å²) in [5.41, 5.74) is 0.607. The van der Waals surface area contributed by atoms with Gasteiger partial charge in [0.2, 0.25) is 11.8 Å². The zero-order chi connectivity index (χ0) is 24.4. The Morgan fingerprint density at radius 1 is 1.23 bits per heavy atom. The third kappa shape index (κ3) is 4.98. The predicted octanol–water partition coefficient (Wildman–Crippen LogP) is 1.72. The van der Waals surface area contributed by atoms with Crippen LogP contribution in [0.15, 0.2) is 12.1 Å². The van der Waals surface area contributed by atoms with E-state index in [0.717, 1.165) is 32.1 Å². The molecule has 5 heterocycles. The van der Waals surface area contributed by atoms with E-state index in [9.17, 15) is 9.90 Å². The largest absolute Gasteiger partial charge is 0.481 e. The number of aliphatic hydroxyl groups excluding tert-OH is 1. The van der Waals surface area contributed by atoms with Crippen LogP contribution in [0.4, 0.5) is 22.4 Å². The second-order valence-corrected chi connectivity index (χ2v) is 9.42. The molecule has 3 aliphatic rings. The van der Waals surface area contributed by atoms with Crippen molar-refractivity contribution >= 4 is 23.6 Å². The Morgan fingerprint density at radius 2 is 1.97 bits per heavy atom.